The topological polar surface area (TPSA) is 62.6 Å². The molecule has 0 aliphatic rings. The van der Waals surface area contributed by atoms with Crippen molar-refractivity contribution in [1.29, 1.82) is 0 Å². The van der Waals surface area contributed by atoms with E-state index in [4.69, 9.17) is 14.2 Å². The second kappa shape index (κ2) is 9.50. The van der Waals surface area contributed by atoms with E-state index in [0.717, 1.165) is 27.7 Å². The summed E-state index contributed by atoms with van der Waals surface area (Å²) in [6.45, 7) is 4.33. The Kier molecular flexibility index (Phi) is 6.81. The third-order valence-electron chi connectivity index (χ3n) is 3.90. The average molecular weight is 401 g/mol. The van der Waals surface area contributed by atoms with Crippen LogP contribution in [0.25, 0.3) is 11.0 Å². The average Bonchev–Trinajstić information content (AvgIpc) is 3.02. The van der Waals surface area contributed by atoms with Gasteiger partial charge in [-0.05, 0) is 38.1 Å². The summed E-state index contributed by atoms with van der Waals surface area (Å²) in [5.41, 5.74) is 1.77. The maximum Gasteiger partial charge on any atom is 0.326 e. The number of aromatic nitrogens is 2. The van der Waals surface area contributed by atoms with E-state index in [9.17, 15) is 4.79 Å². The van der Waals surface area contributed by atoms with E-state index in [1.807, 2.05) is 66.9 Å². The monoisotopic (exact) mass is 400 g/mol. The molecule has 0 saturated heterocycles. The second-order valence-corrected chi connectivity index (χ2v) is 7.45. The van der Waals surface area contributed by atoms with E-state index in [1.165, 1.54) is 0 Å². The van der Waals surface area contributed by atoms with Gasteiger partial charge in [0.05, 0.1) is 30.9 Å². The maximum atomic E-state index is 12.2. The van der Waals surface area contributed by atoms with Crippen LogP contribution in [0.1, 0.15) is 13.8 Å². The number of hydrogen-bond donors (Lipinski definition) is 0. The normalized spacial score (nSPS) is 11.0. The van der Waals surface area contributed by atoms with Crippen molar-refractivity contribution < 1.29 is 19.0 Å². The van der Waals surface area contributed by atoms with Crippen molar-refractivity contribution in [2.45, 2.75) is 31.7 Å². The van der Waals surface area contributed by atoms with Crippen molar-refractivity contribution in [3.63, 3.8) is 0 Å². The summed E-state index contributed by atoms with van der Waals surface area (Å²) in [7, 11) is 1.63. The molecule has 0 amide bonds. The van der Waals surface area contributed by atoms with Crippen LogP contribution < -0.4 is 9.47 Å². The van der Waals surface area contributed by atoms with E-state index in [-0.39, 0.29) is 18.6 Å². The molecule has 3 aromatic rings. The molecule has 0 N–H and O–H groups in total. The van der Waals surface area contributed by atoms with Crippen molar-refractivity contribution in [2.75, 3.05) is 19.5 Å². The molecule has 28 heavy (non-hydrogen) atoms. The largest absolute Gasteiger partial charge is 0.497 e. The molecule has 7 heteroatoms. The molecule has 0 atom stereocenters. The Morgan fingerprint density at radius 1 is 1.14 bits per heavy atom. The van der Waals surface area contributed by atoms with Gasteiger partial charge in [-0.15, -0.1) is 0 Å². The number of rotatable bonds is 9. The zero-order valence-corrected chi connectivity index (χ0v) is 17.1. The quantitative estimate of drug-likeness (QED) is 0.305. The summed E-state index contributed by atoms with van der Waals surface area (Å²) in [6.07, 6.45) is -0.144. The summed E-state index contributed by atoms with van der Waals surface area (Å²) in [6, 6.07) is 15.3. The summed E-state index contributed by atoms with van der Waals surface area (Å²) in [4.78, 5) is 16.8. The maximum absolute atomic E-state index is 12.2. The van der Waals surface area contributed by atoms with Crippen molar-refractivity contribution in [3.05, 3.63) is 48.5 Å². The Bertz CT molecular complexity index is 939. The fraction of sp³-hybridized carbons (Fsp3) is 0.333. The number of para-hydroxylation sites is 2. The van der Waals surface area contributed by atoms with Crippen molar-refractivity contribution in [1.82, 2.24) is 9.55 Å². The number of ether oxygens (including phenoxy) is 3. The van der Waals surface area contributed by atoms with E-state index in [2.05, 4.69) is 4.98 Å². The van der Waals surface area contributed by atoms with Gasteiger partial charge in [0.15, 0.2) is 5.16 Å². The number of esters is 1. The first kappa shape index (κ1) is 20.1. The first-order valence-corrected chi connectivity index (χ1v) is 10.1. The molecule has 0 aliphatic heterocycles. The molecule has 3 rings (SSSR count). The fourth-order valence-corrected chi connectivity index (χ4v) is 3.56. The van der Waals surface area contributed by atoms with Crippen LogP contribution in [0.3, 0.4) is 0 Å². The van der Waals surface area contributed by atoms with E-state index < -0.39 is 0 Å². The van der Waals surface area contributed by atoms with Gasteiger partial charge in [0, 0.05) is 11.8 Å². The zero-order valence-electron chi connectivity index (χ0n) is 16.3. The first-order chi connectivity index (χ1) is 13.6. The van der Waals surface area contributed by atoms with Crippen LogP contribution in [0, 0.1) is 0 Å². The zero-order chi connectivity index (χ0) is 19.9. The minimum absolute atomic E-state index is 0.137. The minimum atomic E-state index is -0.271. The molecular weight excluding hydrogens is 376 g/mol. The second-order valence-electron chi connectivity index (χ2n) is 6.38. The van der Waals surface area contributed by atoms with Crippen LogP contribution >= 0.6 is 11.8 Å². The summed E-state index contributed by atoms with van der Waals surface area (Å²) >= 11 is 1.55. The number of carbonyl (C=O) groups excluding carboxylic acids is 1. The number of imidazole rings is 1. The fourth-order valence-electron chi connectivity index (χ4n) is 2.73. The van der Waals surface area contributed by atoms with Gasteiger partial charge in [-0.3, -0.25) is 4.79 Å². The van der Waals surface area contributed by atoms with Crippen LogP contribution in [-0.2, 0) is 16.1 Å². The lowest BCUT2D eigenvalue weighted by Gasteiger charge is -2.11. The highest BCUT2D eigenvalue weighted by molar-refractivity contribution is 7.99. The van der Waals surface area contributed by atoms with Crippen LogP contribution in [0.2, 0.25) is 0 Å². The first-order valence-electron chi connectivity index (χ1n) is 9.11. The Morgan fingerprint density at radius 2 is 1.93 bits per heavy atom. The van der Waals surface area contributed by atoms with E-state index in [0.29, 0.717) is 12.4 Å². The SMILES string of the molecule is COc1cccc(OCCSc2nc3ccccc3n2CC(=O)OC(C)C)c1. The number of fused-ring (bicyclic) bond motifs is 1. The van der Waals surface area contributed by atoms with Crippen LogP contribution in [-0.4, -0.2) is 41.1 Å². The van der Waals surface area contributed by atoms with Gasteiger partial charge in [-0.1, -0.05) is 30.0 Å². The van der Waals surface area contributed by atoms with Crippen molar-refractivity contribution in [3.8, 4) is 11.5 Å². The lowest BCUT2D eigenvalue weighted by Crippen LogP contribution is -2.18. The molecule has 0 fully saturated rings. The van der Waals surface area contributed by atoms with E-state index >= 15 is 0 Å². The van der Waals surface area contributed by atoms with Crippen LogP contribution in [0.5, 0.6) is 11.5 Å². The van der Waals surface area contributed by atoms with Crippen molar-refractivity contribution in [2.24, 2.45) is 0 Å². The predicted octanol–water partition coefficient (Wildman–Crippen LogP) is 4.17. The summed E-state index contributed by atoms with van der Waals surface area (Å²) < 4.78 is 18.2. The van der Waals surface area contributed by atoms with Crippen LogP contribution in [0.15, 0.2) is 53.7 Å². The Morgan fingerprint density at radius 3 is 2.71 bits per heavy atom. The highest BCUT2D eigenvalue weighted by atomic mass is 32.2. The number of thioether (sulfide) groups is 1. The number of benzene rings is 2. The molecule has 0 spiro atoms. The summed E-state index contributed by atoms with van der Waals surface area (Å²) in [5, 5.41) is 0.774. The molecule has 2 aromatic carbocycles. The van der Waals surface area contributed by atoms with Gasteiger partial charge in [-0.25, -0.2) is 4.98 Å². The minimum Gasteiger partial charge on any atom is -0.497 e. The van der Waals surface area contributed by atoms with E-state index in [1.54, 1.807) is 18.9 Å². The standard InChI is InChI=1S/C21H24N2O4S/c1-15(2)27-20(24)14-23-19-10-5-4-9-18(19)22-21(23)28-12-11-26-17-8-6-7-16(13-17)25-3/h4-10,13,15H,11-12,14H2,1-3H3. The van der Waals surface area contributed by atoms with Gasteiger partial charge in [0.2, 0.25) is 0 Å². The third-order valence-corrected chi connectivity index (χ3v) is 4.84. The highest BCUT2D eigenvalue weighted by Crippen LogP contribution is 2.25. The van der Waals surface area contributed by atoms with Crippen molar-refractivity contribution >= 4 is 28.8 Å². The Balaban J connectivity index is 1.66. The lowest BCUT2D eigenvalue weighted by atomic mass is 10.3. The van der Waals surface area contributed by atoms with Gasteiger partial charge in [0.1, 0.15) is 18.0 Å². The predicted molar refractivity (Wildman–Crippen MR) is 110 cm³/mol. The molecular formula is C21H24N2O4S. The third kappa shape index (κ3) is 5.19. The van der Waals surface area contributed by atoms with Gasteiger partial charge >= 0.3 is 5.97 Å². The molecule has 0 bridgehead atoms. The van der Waals surface area contributed by atoms with Gasteiger partial charge in [-0.2, -0.15) is 0 Å². The number of hydrogen-bond acceptors (Lipinski definition) is 6. The molecule has 1 heterocycles. The lowest BCUT2D eigenvalue weighted by molar-refractivity contribution is -0.148. The Hall–Kier alpha value is -2.67. The Labute approximate surface area is 168 Å². The van der Waals surface area contributed by atoms with Crippen LogP contribution in [0.4, 0.5) is 0 Å². The molecule has 6 nitrogen and oxygen atoms in total. The molecule has 0 saturated carbocycles. The molecule has 0 unspecified atom stereocenters. The number of methoxy groups -OCH3 is 1. The smallest absolute Gasteiger partial charge is 0.326 e. The number of carbonyl (C=O) groups is 1. The molecule has 148 valence electrons. The molecule has 1 aromatic heterocycles. The molecule has 0 aliphatic carbocycles. The summed E-state index contributed by atoms with van der Waals surface area (Å²) in [5.74, 6) is 1.94. The molecule has 0 radical (unpaired) electrons. The van der Waals surface area contributed by atoms with Gasteiger partial charge in [0.25, 0.3) is 0 Å². The highest BCUT2D eigenvalue weighted by Gasteiger charge is 2.15. The number of nitrogens with zero attached hydrogens (tertiary/aromatic N) is 2. The van der Waals surface area contributed by atoms with Gasteiger partial charge < -0.3 is 18.8 Å².